The second kappa shape index (κ2) is 7.56. The van der Waals surface area contributed by atoms with Crippen molar-refractivity contribution in [2.45, 2.75) is 49.0 Å². The number of rotatable bonds is 6. The smallest absolute Gasteiger partial charge is 0.251 e. The van der Waals surface area contributed by atoms with Gasteiger partial charge in [-0.25, -0.2) is 4.98 Å². The molecule has 3 fully saturated rings. The summed E-state index contributed by atoms with van der Waals surface area (Å²) in [6.45, 7) is 0. The van der Waals surface area contributed by atoms with Crippen molar-refractivity contribution in [2.75, 3.05) is 5.32 Å². The van der Waals surface area contributed by atoms with Crippen LogP contribution in [0.15, 0.2) is 54.7 Å². The van der Waals surface area contributed by atoms with Crippen molar-refractivity contribution < 1.29 is 19.4 Å². The minimum atomic E-state index is -0.440. The molecule has 8 nitrogen and oxygen atoms in total. The van der Waals surface area contributed by atoms with Crippen molar-refractivity contribution in [1.82, 2.24) is 10.3 Å². The number of carbonyl (C=O) groups excluding carboxylic acids is 2. The Morgan fingerprint density at radius 2 is 2.05 bits per heavy atom. The summed E-state index contributed by atoms with van der Waals surface area (Å²) in [5.74, 6) is 1.96. The van der Waals surface area contributed by atoms with E-state index in [4.69, 9.17) is 4.74 Å². The van der Waals surface area contributed by atoms with Crippen LogP contribution in [0.4, 0.5) is 5.82 Å². The number of phenolic OH excluding ortho intramolecular Hbond substituents is 1. The van der Waals surface area contributed by atoms with Crippen LogP contribution in [0.2, 0.25) is 0 Å². The van der Waals surface area contributed by atoms with Gasteiger partial charge in [-0.05, 0) is 73.6 Å². The molecule has 0 saturated heterocycles. The molecule has 3 N–H and O–H groups in total. The number of phenols is 1. The Labute approximate surface area is 213 Å². The van der Waals surface area contributed by atoms with Crippen LogP contribution in [0.25, 0.3) is 0 Å². The van der Waals surface area contributed by atoms with Crippen LogP contribution in [0.1, 0.15) is 58.6 Å². The molecule has 2 amide bonds. The van der Waals surface area contributed by atoms with Crippen LogP contribution in [0.5, 0.6) is 17.2 Å². The first-order valence-electron chi connectivity index (χ1n) is 12.6. The van der Waals surface area contributed by atoms with Crippen molar-refractivity contribution in [2.24, 2.45) is 5.92 Å². The number of carbonyl (C=O) groups is 2. The maximum atomic E-state index is 13.1. The highest BCUT2D eigenvalue weighted by atomic mass is 16.5. The molecule has 7 rings (SSSR count). The van der Waals surface area contributed by atoms with E-state index in [0.717, 1.165) is 36.0 Å². The molecule has 0 spiro atoms. The van der Waals surface area contributed by atoms with E-state index in [-0.39, 0.29) is 34.9 Å². The fourth-order valence-corrected chi connectivity index (χ4v) is 5.78. The van der Waals surface area contributed by atoms with Gasteiger partial charge in [0.15, 0.2) is 0 Å². The number of hydrogen-bond donors (Lipinski definition) is 3. The van der Waals surface area contributed by atoms with Gasteiger partial charge in [-0.1, -0.05) is 12.1 Å². The highest BCUT2D eigenvalue weighted by molar-refractivity contribution is 5.96. The van der Waals surface area contributed by atoms with Gasteiger partial charge in [0.25, 0.3) is 5.91 Å². The Morgan fingerprint density at radius 3 is 2.84 bits per heavy atom. The van der Waals surface area contributed by atoms with Gasteiger partial charge in [0.05, 0.1) is 17.0 Å². The number of pyridine rings is 1. The number of amides is 2. The molecule has 3 saturated carbocycles. The van der Waals surface area contributed by atoms with Gasteiger partial charge in [0.1, 0.15) is 23.1 Å². The first-order chi connectivity index (χ1) is 17.9. The summed E-state index contributed by atoms with van der Waals surface area (Å²) < 4.78 is 6.16. The molecule has 1 aliphatic heterocycles. The number of aromatic hydroxyl groups is 1. The van der Waals surface area contributed by atoms with E-state index in [1.165, 1.54) is 0 Å². The Bertz CT molecular complexity index is 1540. The molecule has 1 aromatic heterocycles. The standard InChI is InChI=1S/C29H24N4O4/c30-15-28(9-10-28)17-3-1-2-16(12-17)27(36)33-29-14-21(29)25(29)20-13-18(4-6-22(20)34)37-23-8-11-31-26-19(23)5-7-24(35)32-26/h1-4,6,8,11-13,21,25,34H,5,7,9-10,14H2,(H,33,36)(H,31,32,35)/t21-,25+,29-/m0/s1. The van der Waals surface area contributed by atoms with Crippen molar-refractivity contribution in [3.63, 3.8) is 0 Å². The van der Waals surface area contributed by atoms with Gasteiger partial charge < -0.3 is 20.5 Å². The predicted molar refractivity (Wildman–Crippen MR) is 133 cm³/mol. The third-order valence-corrected chi connectivity index (χ3v) is 8.33. The topological polar surface area (TPSA) is 124 Å². The summed E-state index contributed by atoms with van der Waals surface area (Å²) in [5.41, 5.74) is 2.27. The van der Waals surface area contributed by atoms with Gasteiger partial charge in [-0.3, -0.25) is 9.59 Å². The molecule has 3 aliphatic carbocycles. The SMILES string of the molecule is N#CC1(c2cccc(C(=O)N[C@@]34C[C@H]3[C@H]4c3cc(Oc4ccnc5c4CCC(=O)N5)ccc3O)c2)CC1. The zero-order valence-corrected chi connectivity index (χ0v) is 20.0. The molecule has 8 heteroatoms. The zero-order chi connectivity index (χ0) is 25.4. The first-order valence-corrected chi connectivity index (χ1v) is 12.6. The van der Waals surface area contributed by atoms with E-state index in [1.807, 2.05) is 24.3 Å². The largest absolute Gasteiger partial charge is 0.508 e. The van der Waals surface area contributed by atoms with Gasteiger partial charge in [0.2, 0.25) is 5.91 Å². The second-order valence-electron chi connectivity index (χ2n) is 10.6. The molecule has 3 atom stereocenters. The lowest BCUT2D eigenvalue weighted by Crippen LogP contribution is -2.33. The molecule has 2 aromatic carbocycles. The van der Waals surface area contributed by atoms with Gasteiger partial charge in [-0.15, -0.1) is 0 Å². The average molecular weight is 493 g/mol. The minimum Gasteiger partial charge on any atom is -0.508 e. The summed E-state index contributed by atoms with van der Waals surface area (Å²) in [5, 5.41) is 26.1. The molecule has 3 aromatic rings. The fraction of sp³-hybridized carbons (Fsp3) is 0.310. The number of nitrogens with one attached hydrogen (secondary N) is 2. The molecule has 2 heterocycles. The van der Waals surface area contributed by atoms with Crippen LogP contribution in [-0.4, -0.2) is 27.4 Å². The molecular weight excluding hydrogens is 468 g/mol. The molecule has 4 aliphatic rings. The van der Waals surface area contributed by atoms with Crippen LogP contribution < -0.4 is 15.4 Å². The van der Waals surface area contributed by atoms with Gasteiger partial charge in [-0.2, -0.15) is 5.26 Å². The number of hydrogen-bond acceptors (Lipinski definition) is 6. The van der Waals surface area contributed by atoms with E-state index in [9.17, 15) is 20.0 Å². The monoisotopic (exact) mass is 492 g/mol. The van der Waals surface area contributed by atoms with Crippen LogP contribution in [0.3, 0.4) is 0 Å². The number of nitriles is 1. The van der Waals surface area contributed by atoms with Gasteiger partial charge in [0, 0.05) is 35.2 Å². The number of ether oxygens (including phenoxy) is 1. The number of aromatic nitrogens is 1. The Kier molecular flexibility index (Phi) is 4.47. The minimum absolute atomic E-state index is 0.0164. The number of nitrogens with zero attached hydrogens (tertiary/aromatic N) is 2. The summed E-state index contributed by atoms with van der Waals surface area (Å²) in [4.78, 5) is 29.1. The molecule has 0 bridgehead atoms. The van der Waals surface area contributed by atoms with E-state index in [1.54, 1.807) is 30.5 Å². The predicted octanol–water partition coefficient (Wildman–Crippen LogP) is 4.31. The van der Waals surface area contributed by atoms with Crippen molar-refractivity contribution in [3.8, 4) is 23.3 Å². The van der Waals surface area contributed by atoms with Crippen molar-refractivity contribution in [3.05, 3.63) is 77.0 Å². The van der Waals surface area contributed by atoms with E-state index in [2.05, 4.69) is 21.7 Å². The van der Waals surface area contributed by atoms with E-state index >= 15 is 0 Å². The Balaban J connectivity index is 1.09. The second-order valence-corrected chi connectivity index (χ2v) is 10.6. The highest BCUT2D eigenvalue weighted by Crippen LogP contribution is 2.77. The summed E-state index contributed by atoms with van der Waals surface area (Å²) in [7, 11) is 0. The van der Waals surface area contributed by atoms with E-state index < -0.39 is 5.41 Å². The summed E-state index contributed by atoms with van der Waals surface area (Å²) in [6.07, 6.45) is 5.05. The quantitative estimate of drug-likeness (QED) is 0.471. The Hall–Kier alpha value is -4.38. The normalized spacial score (nSPS) is 25.5. The lowest BCUT2D eigenvalue weighted by atomic mass is 9.95. The molecular formula is C29H24N4O4. The lowest BCUT2D eigenvalue weighted by molar-refractivity contribution is -0.116. The zero-order valence-electron chi connectivity index (χ0n) is 20.0. The average Bonchev–Trinajstić information content (AvgIpc) is 3.83. The third-order valence-electron chi connectivity index (χ3n) is 8.33. The van der Waals surface area contributed by atoms with Crippen LogP contribution >= 0.6 is 0 Å². The molecule has 37 heavy (non-hydrogen) atoms. The number of benzene rings is 2. The Morgan fingerprint density at radius 1 is 1.19 bits per heavy atom. The number of anilines is 1. The number of fused-ring (bicyclic) bond motifs is 2. The van der Waals surface area contributed by atoms with Crippen molar-refractivity contribution in [1.29, 1.82) is 5.26 Å². The van der Waals surface area contributed by atoms with Gasteiger partial charge >= 0.3 is 0 Å². The van der Waals surface area contributed by atoms with Crippen molar-refractivity contribution >= 4 is 17.6 Å². The summed E-state index contributed by atoms with van der Waals surface area (Å²) in [6, 6.07) is 16.7. The maximum Gasteiger partial charge on any atom is 0.251 e. The van der Waals surface area contributed by atoms with E-state index in [0.29, 0.717) is 35.7 Å². The first kappa shape index (κ1) is 21.9. The summed E-state index contributed by atoms with van der Waals surface area (Å²) >= 11 is 0. The fourth-order valence-electron chi connectivity index (χ4n) is 5.78. The molecule has 0 unspecified atom stereocenters. The van der Waals surface area contributed by atoms with Crippen LogP contribution in [-0.2, 0) is 16.6 Å². The van der Waals surface area contributed by atoms with Crippen LogP contribution in [0, 0.1) is 17.2 Å². The molecule has 0 radical (unpaired) electrons. The molecule has 184 valence electrons. The highest BCUT2D eigenvalue weighted by Gasteiger charge is 2.80. The third kappa shape index (κ3) is 3.45. The lowest BCUT2D eigenvalue weighted by Gasteiger charge is -2.20. The maximum absolute atomic E-state index is 13.1.